The highest BCUT2D eigenvalue weighted by molar-refractivity contribution is 6.18. The number of para-hydroxylation sites is 1. The highest BCUT2D eigenvalue weighted by atomic mass is 16.5. The molecule has 0 aliphatic carbocycles. The third-order valence-electron chi connectivity index (χ3n) is 4.75. The van der Waals surface area contributed by atoms with Crippen molar-refractivity contribution in [1.82, 2.24) is 5.32 Å². The number of aliphatic hydroxyl groups is 1. The summed E-state index contributed by atoms with van der Waals surface area (Å²) >= 11 is 0. The summed E-state index contributed by atoms with van der Waals surface area (Å²) in [4.78, 5) is 13.2. The lowest BCUT2D eigenvalue weighted by atomic mass is 9.97. The van der Waals surface area contributed by atoms with E-state index in [1.165, 1.54) is 0 Å². The van der Waals surface area contributed by atoms with E-state index in [1.807, 2.05) is 75.4 Å². The summed E-state index contributed by atoms with van der Waals surface area (Å²) in [6, 6.07) is 27.7. The number of ether oxygens (including phenoxy) is 1. The molecule has 0 spiro atoms. The zero-order valence-corrected chi connectivity index (χ0v) is 18.9. The number of hydrogen-bond donors (Lipinski definition) is 2. The monoisotopic (exact) mass is 427 g/mol. The van der Waals surface area contributed by atoms with Gasteiger partial charge in [-0.05, 0) is 51.0 Å². The molecule has 0 fully saturated rings. The zero-order chi connectivity index (χ0) is 23.1. The van der Waals surface area contributed by atoms with Crippen LogP contribution in [0.2, 0.25) is 0 Å². The summed E-state index contributed by atoms with van der Waals surface area (Å²) in [5.41, 5.74) is 2.64. The van der Waals surface area contributed by atoms with Gasteiger partial charge in [-0.1, -0.05) is 78.9 Å². The molecule has 0 atom stereocenters. The maximum atomic E-state index is 13.2. The van der Waals surface area contributed by atoms with E-state index in [9.17, 15) is 9.90 Å². The van der Waals surface area contributed by atoms with Gasteiger partial charge in [-0.2, -0.15) is 0 Å². The van der Waals surface area contributed by atoms with Gasteiger partial charge < -0.3 is 15.2 Å². The number of benzene rings is 3. The van der Waals surface area contributed by atoms with Gasteiger partial charge in [0, 0.05) is 16.8 Å². The summed E-state index contributed by atoms with van der Waals surface area (Å²) in [6.07, 6.45) is 0. The molecule has 0 aromatic heterocycles. The Kier molecular flexibility index (Phi) is 7.16. The van der Waals surface area contributed by atoms with Gasteiger partial charge in [0.25, 0.3) is 0 Å². The fraction of sp³-hybridized carbons (Fsp3) is 0.179. The average molecular weight is 428 g/mol. The molecule has 3 aromatic carbocycles. The Hall–Kier alpha value is -3.79. The predicted octanol–water partition coefficient (Wildman–Crippen LogP) is 6.38. The molecule has 0 saturated carbocycles. The van der Waals surface area contributed by atoms with E-state index in [1.54, 1.807) is 43.3 Å². The summed E-state index contributed by atoms with van der Waals surface area (Å²) in [5.74, 6) is -0.341. The maximum Gasteiger partial charge on any atom is 0.347 e. The van der Waals surface area contributed by atoms with Gasteiger partial charge in [0.15, 0.2) is 0 Å². The second-order valence-corrected chi connectivity index (χ2v) is 8.53. The summed E-state index contributed by atoms with van der Waals surface area (Å²) < 4.78 is 5.59. The van der Waals surface area contributed by atoms with Gasteiger partial charge in [-0.3, -0.25) is 0 Å². The van der Waals surface area contributed by atoms with Crippen molar-refractivity contribution >= 4 is 17.2 Å². The number of esters is 1. The normalized spacial score (nSPS) is 13.0. The SMILES string of the molecule is CC(=C(/NC(C)(C)C)c1ccccc1)/C(O)=C(\C(=O)Oc1ccccc1)c1ccccc1. The van der Waals surface area contributed by atoms with Crippen molar-refractivity contribution < 1.29 is 14.6 Å². The van der Waals surface area contributed by atoms with E-state index >= 15 is 0 Å². The molecule has 4 heteroatoms. The van der Waals surface area contributed by atoms with Crippen LogP contribution in [0, 0.1) is 0 Å². The van der Waals surface area contributed by atoms with Gasteiger partial charge in [0.1, 0.15) is 17.1 Å². The van der Waals surface area contributed by atoms with E-state index < -0.39 is 5.97 Å². The van der Waals surface area contributed by atoms with E-state index in [4.69, 9.17) is 4.74 Å². The molecule has 3 rings (SSSR count). The van der Waals surface area contributed by atoms with Crippen molar-refractivity contribution in [2.24, 2.45) is 0 Å². The number of carbonyl (C=O) groups excluding carboxylic acids is 1. The highest BCUT2D eigenvalue weighted by Crippen LogP contribution is 2.29. The number of carbonyl (C=O) groups is 1. The van der Waals surface area contributed by atoms with Crippen LogP contribution in [0.5, 0.6) is 5.75 Å². The summed E-state index contributed by atoms with van der Waals surface area (Å²) in [6.45, 7) is 7.94. The molecule has 0 aliphatic heterocycles. The van der Waals surface area contributed by atoms with Gasteiger partial charge in [0.05, 0.1) is 0 Å². The Morgan fingerprint density at radius 3 is 1.75 bits per heavy atom. The molecule has 0 bridgehead atoms. The third kappa shape index (κ3) is 5.88. The maximum absolute atomic E-state index is 13.2. The van der Waals surface area contributed by atoms with Crippen molar-refractivity contribution in [2.75, 3.05) is 0 Å². The van der Waals surface area contributed by atoms with Crippen LogP contribution in [-0.2, 0) is 4.79 Å². The fourth-order valence-electron chi connectivity index (χ4n) is 3.27. The lowest BCUT2D eigenvalue weighted by Gasteiger charge is -2.26. The molecule has 0 heterocycles. The Bertz CT molecular complexity index is 1110. The van der Waals surface area contributed by atoms with Crippen LogP contribution in [0.3, 0.4) is 0 Å². The third-order valence-corrected chi connectivity index (χ3v) is 4.75. The smallest absolute Gasteiger partial charge is 0.347 e. The van der Waals surface area contributed by atoms with E-state index in [0.717, 1.165) is 11.3 Å². The van der Waals surface area contributed by atoms with Crippen LogP contribution in [0.15, 0.2) is 102 Å². The number of aliphatic hydroxyl groups excluding tert-OH is 1. The van der Waals surface area contributed by atoms with Crippen molar-refractivity contribution in [3.8, 4) is 5.75 Å². The lowest BCUT2D eigenvalue weighted by Crippen LogP contribution is -2.35. The van der Waals surface area contributed by atoms with Crippen molar-refractivity contribution in [3.05, 3.63) is 113 Å². The van der Waals surface area contributed by atoms with E-state index in [0.29, 0.717) is 16.9 Å². The molecule has 3 aromatic rings. The first-order valence-electron chi connectivity index (χ1n) is 10.6. The van der Waals surface area contributed by atoms with Crippen LogP contribution >= 0.6 is 0 Å². The first-order chi connectivity index (χ1) is 15.3. The molecular weight excluding hydrogens is 398 g/mol. The molecule has 0 radical (unpaired) electrons. The zero-order valence-electron chi connectivity index (χ0n) is 18.9. The van der Waals surface area contributed by atoms with E-state index in [-0.39, 0.29) is 16.9 Å². The number of nitrogens with one attached hydrogen (secondary N) is 1. The number of allylic oxidation sites excluding steroid dienone is 1. The quantitative estimate of drug-likeness (QED) is 0.158. The minimum atomic E-state index is -0.623. The van der Waals surface area contributed by atoms with Gasteiger partial charge >= 0.3 is 5.97 Å². The molecular formula is C28H29NO3. The molecule has 32 heavy (non-hydrogen) atoms. The second kappa shape index (κ2) is 10.0. The molecule has 0 aliphatic rings. The van der Waals surface area contributed by atoms with E-state index in [2.05, 4.69) is 5.32 Å². The Labute approximate surface area is 189 Å². The molecule has 4 nitrogen and oxygen atoms in total. The molecule has 0 saturated heterocycles. The minimum Gasteiger partial charge on any atom is -0.507 e. The molecule has 2 N–H and O–H groups in total. The van der Waals surface area contributed by atoms with Gasteiger partial charge in [0.2, 0.25) is 0 Å². The van der Waals surface area contributed by atoms with Crippen molar-refractivity contribution in [2.45, 2.75) is 33.2 Å². The fourth-order valence-corrected chi connectivity index (χ4v) is 3.27. The Balaban J connectivity index is 2.17. The van der Waals surface area contributed by atoms with Crippen LogP contribution in [0.1, 0.15) is 38.8 Å². The second-order valence-electron chi connectivity index (χ2n) is 8.53. The number of hydrogen-bond acceptors (Lipinski definition) is 4. The average Bonchev–Trinajstić information content (AvgIpc) is 2.78. The standard InChI is InChI=1S/C28H29NO3/c1-20(25(29-28(2,3)4)22-16-10-6-11-17-22)26(30)24(21-14-8-5-9-15-21)27(31)32-23-18-12-7-13-19-23/h5-19,29-30H,1-4H3/b25-20-,26-24+. The minimum absolute atomic E-state index is 0.107. The topological polar surface area (TPSA) is 58.6 Å². The first kappa shape index (κ1) is 22.9. The summed E-state index contributed by atoms with van der Waals surface area (Å²) in [7, 11) is 0. The van der Waals surface area contributed by atoms with Gasteiger partial charge in [-0.15, -0.1) is 0 Å². The largest absolute Gasteiger partial charge is 0.507 e. The predicted molar refractivity (Wildman–Crippen MR) is 130 cm³/mol. The highest BCUT2D eigenvalue weighted by Gasteiger charge is 2.24. The Morgan fingerprint density at radius 2 is 1.25 bits per heavy atom. The van der Waals surface area contributed by atoms with Crippen LogP contribution < -0.4 is 10.1 Å². The van der Waals surface area contributed by atoms with Crippen molar-refractivity contribution in [3.63, 3.8) is 0 Å². The molecule has 0 amide bonds. The van der Waals surface area contributed by atoms with Crippen LogP contribution in [-0.4, -0.2) is 16.6 Å². The van der Waals surface area contributed by atoms with Gasteiger partial charge in [-0.25, -0.2) is 4.79 Å². The first-order valence-corrected chi connectivity index (χ1v) is 10.6. The lowest BCUT2D eigenvalue weighted by molar-refractivity contribution is -0.128. The molecule has 164 valence electrons. The summed E-state index contributed by atoms with van der Waals surface area (Å²) in [5, 5.41) is 14.9. The number of rotatable bonds is 6. The molecule has 0 unspecified atom stereocenters. The van der Waals surface area contributed by atoms with Crippen LogP contribution in [0.25, 0.3) is 11.3 Å². The van der Waals surface area contributed by atoms with Crippen molar-refractivity contribution in [1.29, 1.82) is 0 Å². The Morgan fingerprint density at radius 1 is 0.781 bits per heavy atom. The van der Waals surface area contributed by atoms with Crippen LogP contribution in [0.4, 0.5) is 0 Å².